The van der Waals surface area contributed by atoms with Gasteiger partial charge >= 0.3 is 11.8 Å². The van der Waals surface area contributed by atoms with Crippen LogP contribution in [0.5, 0.6) is 0 Å². The second kappa shape index (κ2) is 9.98. The predicted octanol–water partition coefficient (Wildman–Crippen LogP) is 3.62. The van der Waals surface area contributed by atoms with Gasteiger partial charge in [-0.2, -0.15) is 0 Å². The number of carbonyl (C=O) groups excluding carboxylic acids is 2. The average molecular weight is 304 g/mol. The third-order valence-corrected chi connectivity index (χ3v) is 3.50. The van der Waals surface area contributed by atoms with Crippen molar-refractivity contribution in [1.29, 1.82) is 0 Å². The lowest BCUT2D eigenvalue weighted by atomic mass is 10.1. The molecule has 22 heavy (non-hydrogen) atoms. The van der Waals surface area contributed by atoms with Crippen molar-refractivity contribution < 1.29 is 9.59 Å². The monoisotopic (exact) mass is 304 g/mol. The maximum absolute atomic E-state index is 12.1. The van der Waals surface area contributed by atoms with Crippen LogP contribution in [0, 0.1) is 0 Å². The molecular weight excluding hydrogens is 276 g/mol. The van der Waals surface area contributed by atoms with E-state index >= 15 is 0 Å². The fraction of sp³-hybridized carbons (Fsp3) is 0.556. The van der Waals surface area contributed by atoms with Crippen LogP contribution in [0.3, 0.4) is 0 Å². The number of rotatable bonds is 8. The molecule has 122 valence electrons. The van der Waals surface area contributed by atoms with E-state index in [1.165, 1.54) is 5.56 Å². The molecule has 1 N–H and O–H groups in total. The zero-order valence-corrected chi connectivity index (χ0v) is 14.0. The van der Waals surface area contributed by atoms with E-state index in [0.29, 0.717) is 18.8 Å². The average Bonchev–Trinajstić information content (AvgIpc) is 2.53. The Balaban J connectivity index is 2.60. The second-order valence-electron chi connectivity index (χ2n) is 5.55. The van der Waals surface area contributed by atoms with Gasteiger partial charge in [-0.25, -0.2) is 0 Å². The quantitative estimate of drug-likeness (QED) is 0.746. The largest absolute Gasteiger partial charge is 0.334 e. The molecule has 4 heteroatoms. The Morgan fingerprint density at radius 2 is 1.55 bits per heavy atom. The minimum Gasteiger partial charge on any atom is -0.334 e. The van der Waals surface area contributed by atoms with Crippen molar-refractivity contribution in [2.75, 3.05) is 18.4 Å². The van der Waals surface area contributed by atoms with Crippen LogP contribution in [0.1, 0.15) is 52.0 Å². The molecule has 0 spiro atoms. The summed E-state index contributed by atoms with van der Waals surface area (Å²) in [4.78, 5) is 25.8. The molecule has 0 radical (unpaired) electrons. The van der Waals surface area contributed by atoms with Crippen LogP contribution in [0.4, 0.5) is 5.69 Å². The molecule has 0 atom stereocenters. The molecule has 1 rings (SSSR count). The zero-order valence-electron chi connectivity index (χ0n) is 14.0. The van der Waals surface area contributed by atoms with Crippen LogP contribution >= 0.6 is 0 Å². The molecule has 2 amide bonds. The van der Waals surface area contributed by atoms with Crippen molar-refractivity contribution in [2.45, 2.75) is 52.9 Å². The summed E-state index contributed by atoms with van der Waals surface area (Å²) in [6.07, 6.45) is 5.07. The van der Waals surface area contributed by atoms with Gasteiger partial charge in [-0.15, -0.1) is 0 Å². The molecule has 0 heterocycles. The molecule has 1 aromatic rings. The van der Waals surface area contributed by atoms with Gasteiger partial charge in [0.25, 0.3) is 0 Å². The van der Waals surface area contributed by atoms with Gasteiger partial charge in [0.05, 0.1) is 0 Å². The van der Waals surface area contributed by atoms with Crippen LogP contribution in [0.15, 0.2) is 24.3 Å². The molecule has 0 aromatic heterocycles. The van der Waals surface area contributed by atoms with Crippen LogP contribution in [-0.2, 0) is 16.0 Å². The molecule has 0 aliphatic carbocycles. The van der Waals surface area contributed by atoms with E-state index < -0.39 is 11.8 Å². The standard InChI is InChI=1S/C18H28N2O2/c1-4-7-8-15-9-11-16(12-10-15)19-17(21)18(22)20(13-5-2)14-6-3/h9-12H,4-8,13-14H2,1-3H3,(H,19,21). The number of anilines is 1. The Bertz CT molecular complexity index is 462. The molecule has 0 aliphatic rings. The summed E-state index contributed by atoms with van der Waals surface area (Å²) in [5.41, 5.74) is 1.93. The van der Waals surface area contributed by atoms with Gasteiger partial charge in [-0.1, -0.05) is 39.3 Å². The second-order valence-corrected chi connectivity index (χ2v) is 5.55. The highest BCUT2D eigenvalue weighted by Crippen LogP contribution is 2.12. The van der Waals surface area contributed by atoms with E-state index in [1.54, 1.807) is 4.90 Å². The number of unbranched alkanes of at least 4 members (excludes halogenated alkanes) is 1. The number of hydrogen-bond donors (Lipinski definition) is 1. The third-order valence-electron chi connectivity index (χ3n) is 3.50. The summed E-state index contributed by atoms with van der Waals surface area (Å²) < 4.78 is 0. The minimum atomic E-state index is -0.553. The van der Waals surface area contributed by atoms with Crippen molar-refractivity contribution in [3.63, 3.8) is 0 Å². The summed E-state index contributed by atoms with van der Waals surface area (Å²) in [5.74, 6) is -0.998. The Morgan fingerprint density at radius 1 is 0.955 bits per heavy atom. The Morgan fingerprint density at radius 3 is 2.05 bits per heavy atom. The first-order valence-electron chi connectivity index (χ1n) is 8.31. The van der Waals surface area contributed by atoms with Gasteiger partial charge in [0.15, 0.2) is 0 Å². The van der Waals surface area contributed by atoms with E-state index in [9.17, 15) is 9.59 Å². The highest BCUT2D eigenvalue weighted by molar-refractivity contribution is 6.39. The van der Waals surface area contributed by atoms with Crippen LogP contribution < -0.4 is 5.32 Å². The third kappa shape index (κ3) is 5.88. The first kappa shape index (κ1) is 18.2. The highest BCUT2D eigenvalue weighted by Gasteiger charge is 2.20. The fourth-order valence-electron chi connectivity index (χ4n) is 2.32. The Hall–Kier alpha value is -1.84. The topological polar surface area (TPSA) is 49.4 Å². The molecule has 0 unspecified atom stereocenters. The van der Waals surface area contributed by atoms with E-state index in [4.69, 9.17) is 0 Å². The Labute approximate surface area is 133 Å². The number of amides is 2. The van der Waals surface area contributed by atoms with Crippen molar-refractivity contribution >= 4 is 17.5 Å². The van der Waals surface area contributed by atoms with E-state index in [0.717, 1.165) is 32.1 Å². The van der Waals surface area contributed by atoms with Gasteiger partial charge in [0.2, 0.25) is 0 Å². The van der Waals surface area contributed by atoms with Gasteiger partial charge < -0.3 is 10.2 Å². The summed E-state index contributed by atoms with van der Waals surface area (Å²) in [7, 11) is 0. The molecule has 0 saturated heterocycles. The van der Waals surface area contributed by atoms with E-state index in [-0.39, 0.29) is 0 Å². The summed E-state index contributed by atoms with van der Waals surface area (Å²) in [6, 6.07) is 7.73. The summed E-state index contributed by atoms with van der Waals surface area (Å²) in [5, 5.41) is 2.69. The first-order valence-corrected chi connectivity index (χ1v) is 8.31. The van der Waals surface area contributed by atoms with Crippen molar-refractivity contribution in [3.8, 4) is 0 Å². The lowest BCUT2D eigenvalue weighted by Crippen LogP contribution is -2.40. The molecule has 0 bridgehead atoms. The van der Waals surface area contributed by atoms with E-state index in [2.05, 4.69) is 12.2 Å². The normalized spacial score (nSPS) is 10.3. The van der Waals surface area contributed by atoms with Gasteiger partial charge in [0.1, 0.15) is 0 Å². The molecule has 0 fully saturated rings. The maximum Gasteiger partial charge on any atom is 0.313 e. The van der Waals surface area contributed by atoms with Crippen molar-refractivity contribution in [3.05, 3.63) is 29.8 Å². The summed E-state index contributed by atoms with van der Waals surface area (Å²) >= 11 is 0. The fourth-order valence-corrected chi connectivity index (χ4v) is 2.32. The Kier molecular flexibility index (Phi) is 8.26. The van der Waals surface area contributed by atoms with Crippen LogP contribution in [0.2, 0.25) is 0 Å². The molecule has 4 nitrogen and oxygen atoms in total. The number of aryl methyl sites for hydroxylation is 1. The van der Waals surface area contributed by atoms with E-state index in [1.807, 2.05) is 38.1 Å². The smallest absolute Gasteiger partial charge is 0.313 e. The SMILES string of the molecule is CCCCc1ccc(NC(=O)C(=O)N(CCC)CCC)cc1. The molecule has 0 aliphatic heterocycles. The zero-order chi connectivity index (χ0) is 16.4. The van der Waals surface area contributed by atoms with Gasteiger partial charge in [-0.05, 0) is 43.4 Å². The number of nitrogens with zero attached hydrogens (tertiary/aromatic N) is 1. The highest BCUT2D eigenvalue weighted by atomic mass is 16.2. The molecule has 1 aromatic carbocycles. The lowest BCUT2D eigenvalue weighted by Gasteiger charge is -2.20. The first-order chi connectivity index (χ1) is 10.6. The number of carbonyl (C=O) groups is 2. The van der Waals surface area contributed by atoms with Crippen molar-refractivity contribution in [2.24, 2.45) is 0 Å². The number of benzene rings is 1. The molecular formula is C18H28N2O2. The van der Waals surface area contributed by atoms with Gasteiger partial charge in [-0.3, -0.25) is 9.59 Å². The lowest BCUT2D eigenvalue weighted by molar-refractivity contribution is -0.143. The number of nitrogens with one attached hydrogen (secondary N) is 1. The van der Waals surface area contributed by atoms with Crippen LogP contribution in [-0.4, -0.2) is 29.8 Å². The predicted molar refractivity (Wildman–Crippen MR) is 90.8 cm³/mol. The minimum absolute atomic E-state index is 0.446. The maximum atomic E-state index is 12.1. The number of hydrogen-bond acceptors (Lipinski definition) is 2. The molecule has 0 saturated carbocycles. The summed E-state index contributed by atoms with van der Waals surface area (Å²) in [6.45, 7) is 7.41. The van der Waals surface area contributed by atoms with Gasteiger partial charge in [0, 0.05) is 18.8 Å². The van der Waals surface area contributed by atoms with Crippen LogP contribution in [0.25, 0.3) is 0 Å². The van der Waals surface area contributed by atoms with Crippen molar-refractivity contribution in [1.82, 2.24) is 4.90 Å².